The normalized spacial score (nSPS) is 11.7. The van der Waals surface area contributed by atoms with Crippen LogP contribution in [-0.4, -0.2) is 18.2 Å². The fourth-order valence-corrected chi connectivity index (χ4v) is 3.85. The largest absolute Gasteiger partial charge is 0.404 e. The lowest BCUT2D eigenvalue weighted by atomic mass is 10.5. The minimum absolute atomic E-state index is 0.00435. The summed E-state index contributed by atoms with van der Waals surface area (Å²) in [6.45, 7) is 1.18. The average molecular weight is 385 g/mol. The van der Waals surface area contributed by atoms with Crippen LogP contribution in [-0.2, 0) is 20.9 Å². The summed E-state index contributed by atoms with van der Waals surface area (Å²) >= 11 is 28.7. The highest BCUT2D eigenvalue weighted by Gasteiger charge is 2.26. The van der Waals surface area contributed by atoms with Crippen molar-refractivity contribution in [2.75, 3.05) is 13.2 Å². The number of hydrogen-bond donors (Lipinski definition) is 0. The Morgan fingerprint density at radius 3 is 2.00 bits per heavy atom. The molecule has 19 heavy (non-hydrogen) atoms. The zero-order chi connectivity index (χ0) is 14.6. The summed E-state index contributed by atoms with van der Waals surface area (Å²) in [6.07, 6.45) is 0. The molecule has 0 amide bonds. The zero-order valence-electron chi connectivity index (χ0n) is 9.95. The van der Waals surface area contributed by atoms with Crippen LogP contribution in [0.1, 0.15) is 13.8 Å². The molecule has 0 saturated carbocycles. The molecule has 4 nitrogen and oxygen atoms in total. The van der Waals surface area contributed by atoms with Crippen molar-refractivity contribution in [2.24, 2.45) is 0 Å². The molecular weight excluding hydrogens is 375 g/mol. The molecule has 0 unspecified atom stereocenters. The molecule has 0 saturated heterocycles. The van der Waals surface area contributed by atoms with Crippen LogP contribution in [0.4, 0.5) is 0 Å². The van der Waals surface area contributed by atoms with Crippen molar-refractivity contribution in [3.05, 3.63) is 20.2 Å². The van der Waals surface area contributed by atoms with E-state index >= 15 is 0 Å². The summed E-state index contributed by atoms with van der Waals surface area (Å²) in [5, 5.41) is 0.0417. The second-order valence-corrected chi connectivity index (χ2v) is 7.45. The molecule has 0 aliphatic rings. The molecule has 0 fully saturated rings. The highest BCUT2D eigenvalue weighted by Crippen LogP contribution is 2.52. The van der Waals surface area contributed by atoms with Crippen LogP contribution >= 0.6 is 53.1 Å². The van der Waals surface area contributed by atoms with Crippen LogP contribution in [0.15, 0.2) is 0 Å². The smallest absolute Gasteiger partial charge is 0.381 e. The predicted molar refractivity (Wildman–Crippen MR) is 82.4 cm³/mol. The molecule has 0 aliphatic carbocycles. The fourth-order valence-electron chi connectivity index (χ4n) is 1.04. The first-order chi connectivity index (χ1) is 8.84. The Labute approximate surface area is 136 Å². The standard InChI is InChI=1S/C9H10Cl4NO3PS/c1-3-15-18(19,16-4-2)17-9-7(12)5(10)6(11)8(13)14-9/h3-4H2,1-2H3. The van der Waals surface area contributed by atoms with Gasteiger partial charge in [0.2, 0.25) is 5.88 Å². The summed E-state index contributed by atoms with van der Waals surface area (Å²) in [7, 11) is 0. The molecule has 0 bridgehead atoms. The Bertz CT molecular complexity index is 507. The number of rotatable bonds is 6. The van der Waals surface area contributed by atoms with Gasteiger partial charge in [-0.25, -0.2) is 0 Å². The van der Waals surface area contributed by atoms with Crippen molar-refractivity contribution in [1.29, 1.82) is 0 Å². The summed E-state index contributed by atoms with van der Waals surface area (Å²) in [4.78, 5) is 3.88. The Morgan fingerprint density at radius 2 is 1.53 bits per heavy atom. The molecule has 0 aliphatic heterocycles. The van der Waals surface area contributed by atoms with E-state index in [1.165, 1.54) is 0 Å². The van der Waals surface area contributed by atoms with Gasteiger partial charge in [-0.1, -0.05) is 46.4 Å². The summed E-state index contributed by atoms with van der Waals surface area (Å²) < 4.78 is 16.0. The van der Waals surface area contributed by atoms with Crippen LogP contribution in [0.2, 0.25) is 20.2 Å². The fraction of sp³-hybridized carbons (Fsp3) is 0.444. The minimum Gasteiger partial charge on any atom is -0.404 e. The zero-order valence-corrected chi connectivity index (χ0v) is 14.7. The highest BCUT2D eigenvalue weighted by atomic mass is 35.5. The topological polar surface area (TPSA) is 40.6 Å². The third-order valence-corrected chi connectivity index (χ3v) is 5.79. The van der Waals surface area contributed by atoms with Gasteiger partial charge in [0.1, 0.15) is 5.02 Å². The third kappa shape index (κ3) is 4.58. The van der Waals surface area contributed by atoms with E-state index in [0.29, 0.717) is 13.2 Å². The number of hydrogen-bond acceptors (Lipinski definition) is 5. The van der Waals surface area contributed by atoms with Crippen molar-refractivity contribution in [3.8, 4) is 5.88 Å². The van der Waals surface area contributed by atoms with Crippen molar-refractivity contribution >= 4 is 64.9 Å². The van der Waals surface area contributed by atoms with E-state index in [2.05, 4.69) is 4.98 Å². The van der Waals surface area contributed by atoms with Crippen LogP contribution in [0.25, 0.3) is 0 Å². The molecule has 0 spiro atoms. The first kappa shape index (κ1) is 17.7. The predicted octanol–water partition coefficient (Wildman–Crippen LogP) is 5.37. The van der Waals surface area contributed by atoms with Gasteiger partial charge in [0.05, 0.1) is 23.3 Å². The molecular formula is C9H10Cl4NO3PS. The van der Waals surface area contributed by atoms with Gasteiger partial charge in [0, 0.05) is 11.8 Å². The molecule has 1 rings (SSSR count). The van der Waals surface area contributed by atoms with E-state index in [0.717, 1.165) is 0 Å². The van der Waals surface area contributed by atoms with Gasteiger partial charge in [-0.2, -0.15) is 4.98 Å². The van der Waals surface area contributed by atoms with E-state index in [4.69, 9.17) is 71.8 Å². The van der Waals surface area contributed by atoms with E-state index < -0.39 is 6.72 Å². The summed E-state index contributed by atoms with van der Waals surface area (Å²) in [5.41, 5.74) is 0. The van der Waals surface area contributed by atoms with Crippen LogP contribution in [0, 0.1) is 0 Å². The molecule has 0 N–H and O–H groups in total. The van der Waals surface area contributed by atoms with Crippen LogP contribution in [0.5, 0.6) is 5.88 Å². The highest BCUT2D eigenvalue weighted by molar-refractivity contribution is 8.07. The number of nitrogens with zero attached hydrogens (tertiary/aromatic N) is 1. The molecule has 10 heteroatoms. The van der Waals surface area contributed by atoms with Gasteiger partial charge in [0.25, 0.3) is 0 Å². The van der Waals surface area contributed by atoms with Crippen molar-refractivity contribution in [3.63, 3.8) is 0 Å². The Hall–Kier alpha value is 0.680. The van der Waals surface area contributed by atoms with Gasteiger partial charge in [-0.15, -0.1) is 0 Å². The van der Waals surface area contributed by atoms with Gasteiger partial charge < -0.3 is 4.52 Å². The second kappa shape index (κ2) is 7.62. The molecule has 1 heterocycles. The molecule has 0 atom stereocenters. The first-order valence-electron chi connectivity index (χ1n) is 5.13. The van der Waals surface area contributed by atoms with Crippen LogP contribution in [0.3, 0.4) is 0 Å². The van der Waals surface area contributed by atoms with Gasteiger partial charge in [-0.3, -0.25) is 9.05 Å². The number of aromatic nitrogens is 1. The summed E-state index contributed by atoms with van der Waals surface area (Å²) in [6, 6.07) is 0. The van der Waals surface area contributed by atoms with E-state index in [1.54, 1.807) is 13.8 Å². The third-order valence-electron chi connectivity index (χ3n) is 1.73. The SMILES string of the molecule is CCOP(=S)(OCC)Oc1nc(Cl)c(Cl)c(Cl)c1Cl. The van der Waals surface area contributed by atoms with E-state index in [1.807, 2.05) is 0 Å². The molecule has 0 radical (unpaired) electrons. The molecule has 1 aromatic rings. The number of halogens is 4. The monoisotopic (exact) mass is 383 g/mol. The summed E-state index contributed by atoms with van der Waals surface area (Å²) in [5.74, 6) is -0.0636. The van der Waals surface area contributed by atoms with Gasteiger partial charge in [0.15, 0.2) is 5.15 Å². The Kier molecular flexibility index (Phi) is 7.11. The first-order valence-corrected chi connectivity index (χ1v) is 9.20. The van der Waals surface area contributed by atoms with Crippen molar-refractivity contribution in [2.45, 2.75) is 13.8 Å². The molecule has 108 valence electrons. The maximum atomic E-state index is 5.97. The lowest BCUT2D eigenvalue weighted by molar-refractivity contribution is 0.216. The van der Waals surface area contributed by atoms with Gasteiger partial charge in [-0.05, 0) is 13.8 Å². The van der Waals surface area contributed by atoms with E-state index in [-0.39, 0.29) is 26.1 Å². The van der Waals surface area contributed by atoms with E-state index in [9.17, 15) is 0 Å². The Balaban J connectivity index is 3.14. The second-order valence-electron chi connectivity index (χ2n) is 3.02. The minimum atomic E-state index is -3.00. The lowest BCUT2D eigenvalue weighted by Crippen LogP contribution is -2.04. The molecule has 0 aromatic carbocycles. The quantitative estimate of drug-likeness (QED) is 0.487. The van der Waals surface area contributed by atoms with Gasteiger partial charge >= 0.3 is 6.72 Å². The average Bonchev–Trinajstić information content (AvgIpc) is 2.34. The lowest BCUT2D eigenvalue weighted by Gasteiger charge is -2.21. The number of pyridine rings is 1. The van der Waals surface area contributed by atoms with Crippen molar-refractivity contribution in [1.82, 2.24) is 4.98 Å². The Morgan fingerprint density at radius 1 is 1.00 bits per heavy atom. The van der Waals surface area contributed by atoms with Crippen molar-refractivity contribution < 1.29 is 13.6 Å². The molecule has 1 aromatic heterocycles. The van der Waals surface area contributed by atoms with Crippen LogP contribution < -0.4 is 4.52 Å². The maximum absolute atomic E-state index is 5.97. The maximum Gasteiger partial charge on any atom is 0.381 e.